The third kappa shape index (κ3) is 4.10. The number of carbonyl (C=O) groups is 1. The van der Waals surface area contributed by atoms with E-state index >= 15 is 0 Å². The summed E-state index contributed by atoms with van der Waals surface area (Å²) >= 11 is 6.05. The average Bonchev–Trinajstić information content (AvgIpc) is 3.22. The molecule has 3 rings (SSSR count). The largest absolute Gasteiger partial charge is 0.378 e. The first-order chi connectivity index (χ1) is 13.0. The van der Waals surface area contributed by atoms with Gasteiger partial charge in [0, 0.05) is 17.1 Å². The second-order valence-electron chi connectivity index (χ2n) is 5.73. The Balaban J connectivity index is 1.85. The molecule has 0 aliphatic heterocycles. The first-order valence-corrected chi connectivity index (χ1v) is 8.10. The van der Waals surface area contributed by atoms with E-state index in [1.807, 2.05) is 25.1 Å². The maximum atomic E-state index is 12.5. The molecule has 0 aliphatic carbocycles. The van der Waals surface area contributed by atoms with E-state index < -0.39 is 5.91 Å². The molecule has 1 amide bonds. The number of rotatable bonds is 6. The number of amides is 1. The second kappa shape index (κ2) is 7.93. The van der Waals surface area contributed by atoms with E-state index in [0.29, 0.717) is 22.8 Å². The number of nitrogens with two attached hydrogens (primary N) is 1. The summed E-state index contributed by atoms with van der Waals surface area (Å²) in [5.74, 6) is -0.363. The van der Waals surface area contributed by atoms with Crippen molar-refractivity contribution in [3.63, 3.8) is 0 Å². The molecule has 3 N–H and O–H groups in total. The molecule has 0 aliphatic rings. The Hall–Kier alpha value is -3.31. The van der Waals surface area contributed by atoms with Gasteiger partial charge in [0.2, 0.25) is 11.6 Å². The fourth-order valence-electron chi connectivity index (χ4n) is 2.22. The summed E-state index contributed by atoms with van der Waals surface area (Å²) in [5, 5.41) is 19.5. The van der Waals surface area contributed by atoms with Crippen LogP contribution in [-0.4, -0.2) is 56.4 Å². The molecule has 2 heterocycles. The quantitative estimate of drug-likeness (QED) is 0.464. The van der Waals surface area contributed by atoms with Gasteiger partial charge >= 0.3 is 0 Å². The van der Waals surface area contributed by atoms with Gasteiger partial charge in [-0.2, -0.15) is 9.78 Å². The number of hydrazone groups is 1. The molecule has 0 fully saturated rings. The lowest BCUT2D eigenvalue weighted by molar-refractivity contribution is 0.0948. The molecule has 0 saturated carbocycles. The highest BCUT2D eigenvalue weighted by Crippen LogP contribution is 2.17. The number of nitrogen functional groups attached to an aromatic ring is 1. The molecular weight excluding hydrogens is 374 g/mol. The van der Waals surface area contributed by atoms with E-state index in [1.165, 1.54) is 10.9 Å². The Morgan fingerprint density at radius 1 is 1.41 bits per heavy atom. The summed E-state index contributed by atoms with van der Waals surface area (Å²) in [7, 11) is 3.66. The molecular formula is C15H16ClN9O2. The lowest BCUT2D eigenvalue weighted by atomic mass is 10.2. The molecule has 0 unspecified atom stereocenters. The van der Waals surface area contributed by atoms with E-state index in [-0.39, 0.29) is 17.3 Å². The fraction of sp³-hybridized carbons (Fsp3) is 0.200. The van der Waals surface area contributed by atoms with E-state index in [9.17, 15) is 4.79 Å². The molecule has 27 heavy (non-hydrogen) atoms. The van der Waals surface area contributed by atoms with Crippen LogP contribution < -0.4 is 11.2 Å². The zero-order valence-corrected chi connectivity index (χ0v) is 15.3. The van der Waals surface area contributed by atoms with Gasteiger partial charge in [0.15, 0.2) is 5.69 Å². The summed E-state index contributed by atoms with van der Waals surface area (Å²) in [6.07, 6.45) is 1.44. The van der Waals surface area contributed by atoms with Gasteiger partial charge in [0.25, 0.3) is 5.91 Å². The Bertz CT molecular complexity index is 979. The monoisotopic (exact) mass is 389 g/mol. The molecule has 0 radical (unpaired) electrons. The van der Waals surface area contributed by atoms with Crippen molar-refractivity contribution in [2.75, 3.05) is 19.8 Å². The number of anilines is 1. The van der Waals surface area contributed by atoms with Crippen molar-refractivity contribution in [2.24, 2.45) is 5.10 Å². The van der Waals surface area contributed by atoms with Gasteiger partial charge in [-0.25, -0.2) is 10.1 Å². The molecule has 0 spiro atoms. The number of hydrogen-bond donors (Lipinski definition) is 2. The molecule has 12 heteroatoms. The number of nitrogens with one attached hydrogen (secondary N) is 1. The minimum absolute atomic E-state index is 0.0311. The van der Waals surface area contributed by atoms with Crippen LogP contribution in [0.25, 0.3) is 5.82 Å². The maximum Gasteiger partial charge on any atom is 0.293 e. The Kier molecular flexibility index (Phi) is 5.43. The van der Waals surface area contributed by atoms with Gasteiger partial charge in [-0.15, -0.1) is 5.10 Å². The summed E-state index contributed by atoms with van der Waals surface area (Å²) in [6.45, 7) is 0.344. The number of hydrogen-bond acceptors (Lipinski definition) is 9. The number of nitrogens with zero attached hydrogens (tertiary/aromatic N) is 7. The summed E-state index contributed by atoms with van der Waals surface area (Å²) in [4.78, 5) is 14.3. The topological polar surface area (TPSA) is 140 Å². The van der Waals surface area contributed by atoms with Crippen LogP contribution in [0, 0.1) is 0 Å². The zero-order chi connectivity index (χ0) is 19.4. The predicted molar refractivity (Wildman–Crippen MR) is 97.5 cm³/mol. The molecule has 3 aromatic rings. The van der Waals surface area contributed by atoms with Gasteiger partial charge < -0.3 is 10.6 Å². The van der Waals surface area contributed by atoms with Gasteiger partial charge in [0.05, 0.1) is 11.9 Å². The molecule has 2 aromatic heterocycles. The van der Waals surface area contributed by atoms with Gasteiger partial charge in [-0.1, -0.05) is 35.0 Å². The molecule has 140 valence electrons. The number of halogens is 1. The molecule has 0 saturated heterocycles. The van der Waals surface area contributed by atoms with Crippen molar-refractivity contribution in [2.45, 2.75) is 6.54 Å². The SMILES string of the molecule is CN(C)Cc1c(C(=O)NN=Cc2ccccc2Cl)nnn1-c1nonc1N. The Morgan fingerprint density at radius 2 is 2.19 bits per heavy atom. The van der Waals surface area contributed by atoms with Gasteiger partial charge in [-0.05, 0) is 30.5 Å². The summed E-state index contributed by atoms with van der Waals surface area (Å²) in [5.41, 5.74) is 9.31. The third-order valence-corrected chi connectivity index (χ3v) is 3.76. The first-order valence-electron chi connectivity index (χ1n) is 7.73. The van der Waals surface area contributed by atoms with Crippen LogP contribution in [0.15, 0.2) is 34.0 Å². The van der Waals surface area contributed by atoms with Crippen molar-refractivity contribution in [1.82, 2.24) is 35.6 Å². The fourth-order valence-corrected chi connectivity index (χ4v) is 2.41. The van der Waals surface area contributed by atoms with Crippen molar-refractivity contribution in [3.8, 4) is 5.82 Å². The van der Waals surface area contributed by atoms with Crippen molar-refractivity contribution < 1.29 is 9.42 Å². The first kappa shape index (κ1) is 18.5. The normalized spacial score (nSPS) is 11.4. The van der Waals surface area contributed by atoms with Gasteiger partial charge in [-0.3, -0.25) is 4.79 Å². The molecule has 0 bridgehead atoms. The number of aromatic nitrogens is 5. The lowest BCUT2D eigenvalue weighted by Crippen LogP contribution is -2.23. The number of carbonyl (C=O) groups excluding carboxylic acids is 1. The highest BCUT2D eigenvalue weighted by molar-refractivity contribution is 6.33. The minimum atomic E-state index is -0.545. The smallest absolute Gasteiger partial charge is 0.293 e. The summed E-state index contributed by atoms with van der Waals surface area (Å²) in [6, 6.07) is 7.11. The highest BCUT2D eigenvalue weighted by atomic mass is 35.5. The van der Waals surface area contributed by atoms with Crippen molar-refractivity contribution >= 4 is 29.5 Å². The van der Waals surface area contributed by atoms with Crippen molar-refractivity contribution in [3.05, 3.63) is 46.2 Å². The zero-order valence-electron chi connectivity index (χ0n) is 14.5. The summed E-state index contributed by atoms with van der Waals surface area (Å²) < 4.78 is 5.89. The van der Waals surface area contributed by atoms with Crippen LogP contribution in [0.5, 0.6) is 0 Å². The van der Waals surface area contributed by atoms with Crippen molar-refractivity contribution in [1.29, 1.82) is 0 Å². The van der Waals surface area contributed by atoms with Crippen LogP contribution in [0.1, 0.15) is 21.7 Å². The average molecular weight is 390 g/mol. The van der Waals surface area contributed by atoms with E-state index in [2.05, 4.69) is 35.8 Å². The van der Waals surface area contributed by atoms with Crippen LogP contribution in [-0.2, 0) is 6.54 Å². The van der Waals surface area contributed by atoms with Crippen LogP contribution in [0.4, 0.5) is 5.82 Å². The molecule has 11 nitrogen and oxygen atoms in total. The minimum Gasteiger partial charge on any atom is -0.378 e. The van der Waals surface area contributed by atoms with E-state index in [1.54, 1.807) is 18.2 Å². The highest BCUT2D eigenvalue weighted by Gasteiger charge is 2.24. The maximum absolute atomic E-state index is 12.5. The third-order valence-electron chi connectivity index (χ3n) is 3.42. The standard InChI is InChI=1S/C15H16ClN9O2/c1-24(2)8-11-12(19-23-25(11)14-13(17)21-27-22-14)15(26)20-18-7-9-5-3-4-6-10(9)16/h3-7H,8H2,1-2H3,(H2,17,21)(H,20,26). The molecule has 1 aromatic carbocycles. The Morgan fingerprint density at radius 3 is 2.85 bits per heavy atom. The van der Waals surface area contributed by atoms with Gasteiger partial charge in [0.1, 0.15) is 0 Å². The molecule has 0 atom stereocenters. The second-order valence-corrected chi connectivity index (χ2v) is 6.14. The predicted octanol–water partition coefficient (Wildman–Crippen LogP) is 0.711. The van der Waals surface area contributed by atoms with Crippen LogP contribution in [0.3, 0.4) is 0 Å². The van der Waals surface area contributed by atoms with E-state index in [4.69, 9.17) is 17.3 Å². The van der Waals surface area contributed by atoms with Crippen LogP contribution >= 0.6 is 11.6 Å². The Labute approximate surface area is 158 Å². The van der Waals surface area contributed by atoms with E-state index in [0.717, 1.165) is 0 Å². The number of benzene rings is 1. The lowest BCUT2D eigenvalue weighted by Gasteiger charge is -2.11. The van der Waals surface area contributed by atoms with Crippen LogP contribution in [0.2, 0.25) is 5.02 Å².